The second kappa shape index (κ2) is 7.78. The van der Waals surface area contributed by atoms with Crippen molar-refractivity contribution < 1.29 is 50.0 Å². The maximum Gasteiger partial charge on any atom is 0.218 e. The van der Waals surface area contributed by atoms with Gasteiger partial charge in [-0.2, -0.15) is 0 Å². The van der Waals surface area contributed by atoms with E-state index < -0.39 is 73.7 Å². The van der Waals surface area contributed by atoms with Crippen molar-refractivity contribution in [2.75, 3.05) is 13.2 Å². The first kappa shape index (κ1) is 20.4. The zero-order valence-electron chi connectivity index (χ0n) is 13.6. The summed E-state index contributed by atoms with van der Waals surface area (Å²) in [5, 5.41) is 72.4. The molecule has 2 heterocycles. The monoisotopic (exact) mass is 367 g/mol. The second-order valence-electron chi connectivity index (χ2n) is 6.38. The average Bonchev–Trinajstić information content (AvgIpc) is 2.55. The molecule has 2 saturated heterocycles. The first-order valence-electron chi connectivity index (χ1n) is 7.91. The molecule has 0 aliphatic carbocycles. The van der Waals surface area contributed by atoms with Gasteiger partial charge in [0.2, 0.25) is 5.91 Å². The molecule has 9 atom stereocenters. The third-order valence-electron chi connectivity index (χ3n) is 4.69. The van der Waals surface area contributed by atoms with Crippen molar-refractivity contribution >= 4 is 5.91 Å². The van der Waals surface area contributed by atoms with Crippen molar-refractivity contribution in [1.29, 1.82) is 0 Å². The zero-order chi connectivity index (χ0) is 18.9. The normalized spacial score (nSPS) is 48.2. The molecule has 0 radical (unpaired) electrons. The standard InChI is InChI=1S/C14H25NO10/c1-5(18)15-9-2-7(19)14(23,8(4-17)25-9)13-12(22)11(21)10(20)6(3-16)24-13/h6-13,16-17,19-23H,2-4H2,1H3,(H,15,18)/t6-,7-,8-,9-,10+,11+,12-,13-,14-/m1/s1. The van der Waals surface area contributed by atoms with E-state index in [0.717, 1.165) is 0 Å². The van der Waals surface area contributed by atoms with Gasteiger partial charge in [0.1, 0.15) is 48.5 Å². The summed E-state index contributed by atoms with van der Waals surface area (Å²) in [6, 6.07) is 0. The summed E-state index contributed by atoms with van der Waals surface area (Å²) >= 11 is 0. The van der Waals surface area contributed by atoms with Crippen LogP contribution in [0.25, 0.3) is 0 Å². The molecule has 1 amide bonds. The smallest absolute Gasteiger partial charge is 0.218 e. The van der Waals surface area contributed by atoms with Crippen LogP contribution >= 0.6 is 0 Å². The molecule has 0 aromatic heterocycles. The molecule has 0 unspecified atom stereocenters. The summed E-state index contributed by atoms with van der Waals surface area (Å²) in [6.07, 6.45) is -12.6. The Bertz CT molecular complexity index is 477. The lowest BCUT2D eigenvalue weighted by atomic mass is 9.75. The van der Waals surface area contributed by atoms with Crippen molar-refractivity contribution in [3.63, 3.8) is 0 Å². The highest BCUT2D eigenvalue weighted by atomic mass is 16.6. The molecule has 2 aliphatic heterocycles. The van der Waals surface area contributed by atoms with Crippen LogP contribution in [0.5, 0.6) is 0 Å². The van der Waals surface area contributed by atoms with Gasteiger partial charge in [-0.25, -0.2) is 0 Å². The summed E-state index contributed by atoms with van der Waals surface area (Å²) in [5.41, 5.74) is -2.36. The number of aliphatic hydroxyl groups is 7. The van der Waals surface area contributed by atoms with Gasteiger partial charge in [-0.3, -0.25) is 4.79 Å². The molecule has 0 saturated carbocycles. The summed E-state index contributed by atoms with van der Waals surface area (Å²) in [7, 11) is 0. The van der Waals surface area contributed by atoms with Crippen LogP contribution in [0.1, 0.15) is 13.3 Å². The first-order chi connectivity index (χ1) is 11.7. The fourth-order valence-corrected chi connectivity index (χ4v) is 3.33. The molecule has 146 valence electrons. The lowest BCUT2D eigenvalue weighted by Gasteiger charge is -2.53. The summed E-state index contributed by atoms with van der Waals surface area (Å²) in [4.78, 5) is 11.1. The maximum absolute atomic E-state index is 11.1. The largest absolute Gasteiger partial charge is 0.394 e. The van der Waals surface area contributed by atoms with Gasteiger partial charge in [-0.05, 0) is 0 Å². The van der Waals surface area contributed by atoms with Gasteiger partial charge < -0.3 is 50.5 Å². The van der Waals surface area contributed by atoms with Gasteiger partial charge in [0.15, 0.2) is 0 Å². The zero-order valence-corrected chi connectivity index (χ0v) is 13.6. The molecule has 11 nitrogen and oxygen atoms in total. The summed E-state index contributed by atoms with van der Waals surface area (Å²) in [6.45, 7) is -0.284. The minimum atomic E-state index is -2.36. The molecule has 2 aliphatic rings. The van der Waals surface area contributed by atoms with E-state index in [2.05, 4.69) is 5.32 Å². The molecule has 11 heteroatoms. The number of hydrogen-bond donors (Lipinski definition) is 8. The molecular formula is C14H25NO10. The van der Waals surface area contributed by atoms with Gasteiger partial charge >= 0.3 is 0 Å². The van der Waals surface area contributed by atoms with Crippen LogP contribution < -0.4 is 5.32 Å². The number of nitrogens with one attached hydrogen (secondary N) is 1. The van der Waals surface area contributed by atoms with Crippen LogP contribution in [-0.2, 0) is 14.3 Å². The van der Waals surface area contributed by atoms with E-state index in [1.165, 1.54) is 6.92 Å². The van der Waals surface area contributed by atoms with E-state index in [4.69, 9.17) is 9.47 Å². The Balaban J connectivity index is 2.29. The minimum Gasteiger partial charge on any atom is -0.394 e. The maximum atomic E-state index is 11.1. The molecule has 25 heavy (non-hydrogen) atoms. The van der Waals surface area contributed by atoms with Crippen LogP contribution in [-0.4, -0.2) is 109 Å². The van der Waals surface area contributed by atoms with Gasteiger partial charge in [-0.15, -0.1) is 0 Å². The Morgan fingerprint density at radius 2 is 1.72 bits per heavy atom. The fourth-order valence-electron chi connectivity index (χ4n) is 3.33. The predicted molar refractivity (Wildman–Crippen MR) is 78.9 cm³/mol. The van der Waals surface area contributed by atoms with E-state index in [1.54, 1.807) is 0 Å². The highest BCUT2D eigenvalue weighted by Gasteiger charge is 2.61. The molecule has 0 aromatic carbocycles. The quantitative estimate of drug-likeness (QED) is 0.239. The highest BCUT2D eigenvalue weighted by molar-refractivity contribution is 5.73. The second-order valence-corrected chi connectivity index (χ2v) is 6.38. The summed E-state index contributed by atoms with van der Waals surface area (Å²) in [5.74, 6) is -0.452. The van der Waals surface area contributed by atoms with Crippen LogP contribution in [0.15, 0.2) is 0 Å². The van der Waals surface area contributed by atoms with Crippen molar-refractivity contribution in [1.82, 2.24) is 5.32 Å². The van der Waals surface area contributed by atoms with E-state index in [-0.39, 0.29) is 6.42 Å². The highest BCUT2D eigenvalue weighted by Crippen LogP contribution is 2.38. The third-order valence-corrected chi connectivity index (χ3v) is 4.69. The molecule has 0 spiro atoms. The molecular weight excluding hydrogens is 342 g/mol. The van der Waals surface area contributed by atoms with E-state index in [9.17, 15) is 40.5 Å². The van der Waals surface area contributed by atoms with E-state index >= 15 is 0 Å². The Kier molecular flexibility index (Phi) is 6.35. The number of carbonyl (C=O) groups is 1. The van der Waals surface area contributed by atoms with Crippen molar-refractivity contribution in [2.24, 2.45) is 0 Å². The van der Waals surface area contributed by atoms with Crippen molar-refractivity contribution in [3.05, 3.63) is 0 Å². The minimum absolute atomic E-state index is 0.276. The van der Waals surface area contributed by atoms with E-state index in [1.807, 2.05) is 0 Å². The Labute approximate surface area is 143 Å². The number of amides is 1. The Morgan fingerprint density at radius 1 is 1.08 bits per heavy atom. The number of hydrogen-bond acceptors (Lipinski definition) is 10. The fraction of sp³-hybridized carbons (Fsp3) is 0.929. The molecule has 8 N–H and O–H groups in total. The number of aliphatic hydroxyl groups excluding tert-OH is 6. The van der Waals surface area contributed by atoms with Crippen molar-refractivity contribution in [3.8, 4) is 0 Å². The number of ether oxygens (including phenoxy) is 2. The van der Waals surface area contributed by atoms with Gasteiger partial charge in [0.25, 0.3) is 0 Å². The van der Waals surface area contributed by atoms with Crippen LogP contribution in [0.2, 0.25) is 0 Å². The van der Waals surface area contributed by atoms with Crippen LogP contribution in [0, 0.1) is 0 Å². The average molecular weight is 367 g/mol. The topological polar surface area (TPSA) is 189 Å². The van der Waals surface area contributed by atoms with Crippen LogP contribution in [0.3, 0.4) is 0 Å². The molecule has 0 aromatic rings. The molecule has 2 rings (SSSR count). The SMILES string of the molecule is CC(=O)N[C@H]1C[C@@H](O)[C@](O)([C@@H]2O[C@H](CO)[C@H](O)[C@H](O)[C@H]2O)[C@@H](CO)O1. The lowest BCUT2D eigenvalue weighted by molar-refractivity contribution is -0.329. The van der Waals surface area contributed by atoms with Gasteiger partial charge in [-0.1, -0.05) is 0 Å². The summed E-state index contributed by atoms with van der Waals surface area (Å²) < 4.78 is 10.7. The lowest BCUT2D eigenvalue weighted by Crippen LogP contribution is -2.75. The predicted octanol–water partition coefficient (Wildman–Crippen LogP) is -4.84. The Morgan fingerprint density at radius 3 is 2.24 bits per heavy atom. The molecule has 0 bridgehead atoms. The van der Waals surface area contributed by atoms with Gasteiger partial charge in [0, 0.05) is 13.3 Å². The molecule has 2 fully saturated rings. The Hall–Kier alpha value is -0.890. The van der Waals surface area contributed by atoms with E-state index in [0.29, 0.717) is 0 Å². The number of rotatable bonds is 4. The number of carbonyl (C=O) groups excluding carboxylic acids is 1. The van der Waals surface area contributed by atoms with Crippen molar-refractivity contribution in [2.45, 2.75) is 67.9 Å². The van der Waals surface area contributed by atoms with Gasteiger partial charge in [0.05, 0.1) is 19.3 Å². The van der Waals surface area contributed by atoms with Crippen LogP contribution in [0.4, 0.5) is 0 Å². The third kappa shape index (κ3) is 3.65. The first-order valence-corrected chi connectivity index (χ1v) is 7.91.